The van der Waals surface area contributed by atoms with Crippen molar-refractivity contribution in [2.75, 3.05) is 26.2 Å². The molecule has 0 aromatic carbocycles. The van der Waals surface area contributed by atoms with Crippen molar-refractivity contribution in [1.29, 1.82) is 0 Å². The van der Waals surface area contributed by atoms with E-state index in [1.54, 1.807) is 0 Å². The monoisotopic (exact) mass is 437 g/mol. The van der Waals surface area contributed by atoms with Crippen LogP contribution in [0.3, 0.4) is 0 Å². The maximum Gasteiger partial charge on any atom is 0.391 e. The van der Waals surface area contributed by atoms with Crippen molar-refractivity contribution >= 4 is 21.8 Å². The summed E-state index contributed by atoms with van der Waals surface area (Å²) in [6.07, 6.45) is -3.74. The molecule has 2 aliphatic rings. The van der Waals surface area contributed by atoms with Crippen molar-refractivity contribution in [3.63, 3.8) is 0 Å². The molecule has 1 aliphatic carbocycles. The first-order valence-electron chi connectivity index (χ1n) is 9.25. The molecule has 0 spiro atoms. The molecule has 1 aliphatic heterocycles. The third kappa shape index (κ3) is 4.58. The molecule has 2 atom stereocenters. The average Bonchev–Trinajstić information content (AvgIpc) is 3.18. The summed E-state index contributed by atoms with van der Waals surface area (Å²) >= 11 is 0. The number of halogens is 3. The number of nitrogens with zero attached hydrogens (tertiary/aromatic N) is 2. The van der Waals surface area contributed by atoms with Crippen LogP contribution in [0.1, 0.15) is 36.2 Å². The second-order valence-electron chi connectivity index (χ2n) is 7.31. The Labute approximate surface area is 165 Å². The van der Waals surface area contributed by atoms with E-state index in [0.717, 1.165) is 16.4 Å². The number of hydrogen-bond acceptors (Lipinski definition) is 5. The van der Waals surface area contributed by atoms with E-state index in [9.17, 15) is 31.2 Å². The summed E-state index contributed by atoms with van der Waals surface area (Å²) in [5, 5.41) is -0.425. The second kappa shape index (κ2) is 7.98. The highest BCUT2D eigenvalue weighted by Crippen LogP contribution is 2.40. The molecular formula is C17H22F3N3O5S. The van der Waals surface area contributed by atoms with Crippen molar-refractivity contribution in [3.05, 3.63) is 17.9 Å². The number of carbonyl (C=O) groups is 2. The molecule has 2 amide bonds. The molecule has 0 bridgehead atoms. The Kier molecular flexibility index (Phi) is 5.95. The van der Waals surface area contributed by atoms with Gasteiger partial charge in [0.1, 0.15) is 0 Å². The van der Waals surface area contributed by atoms with E-state index >= 15 is 0 Å². The lowest BCUT2D eigenvalue weighted by Gasteiger charge is -2.37. The largest absolute Gasteiger partial charge is 0.438 e. The van der Waals surface area contributed by atoms with Crippen molar-refractivity contribution in [1.82, 2.24) is 9.21 Å². The van der Waals surface area contributed by atoms with Gasteiger partial charge in [-0.15, -0.1) is 0 Å². The van der Waals surface area contributed by atoms with E-state index in [0.29, 0.717) is 12.8 Å². The summed E-state index contributed by atoms with van der Waals surface area (Å²) in [5.41, 5.74) is 5.05. The molecule has 1 saturated heterocycles. The van der Waals surface area contributed by atoms with Crippen molar-refractivity contribution < 1.29 is 35.6 Å². The molecule has 2 fully saturated rings. The van der Waals surface area contributed by atoms with Gasteiger partial charge in [0.2, 0.25) is 11.0 Å². The minimum atomic E-state index is -4.31. The first kappa shape index (κ1) is 21.6. The number of amides is 2. The molecule has 2 heterocycles. The Morgan fingerprint density at radius 3 is 2.31 bits per heavy atom. The van der Waals surface area contributed by atoms with Crippen LogP contribution in [0.15, 0.2) is 21.6 Å². The van der Waals surface area contributed by atoms with E-state index in [1.165, 1.54) is 4.90 Å². The molecule has 8 nitrogen and oxygen atoms in total. The van der Waals surface area contributed by atoms with Gasteiger partial charge in [-0.2, -0.15) is 17.5 Å². The summed E-state index contributed by atoms with van der Waals surface area (Å²) in [4.78, 5) is 25.2. The lowest BCUT2D eigenvalue weighted by Crippen LogP contribution is -2.52. The van der Waals surface area contributed by atoms with Crippen LogP contribution in [-0.2, 0) is 14.8 Å². The normalized spacial score (nSPS) is 24.4. The Morgan fingerprint density at radius 1 is 1.10 bits per heavy atom. The highest BCUT2D eigenvalue weighted by molar-refractivity contribution is 7.89. The molecular weight excluding hydrogens is 415 g/mol. The van der Waals surface area contributed by atoms with Crippen LogP contribution in [0.5, 0.6) is 0 Å². The molecule has 12 heteroatoms. The number of hydrogen-bond donors (Lipinski definition) is 1. The number of furan rings is 1. The van der Waals surface area contributed by atoms with E-state index in [4.69, 9.17) is 10.2 Å². The second-order valence-corrected chi connectivity index (χ2v) is 9.18. The summed E-state index contributed by atoms with van der Waals surface area (Å²) in [6, 6.07) is 2.29. The van der Waals surface area contributed by atoms with Crippen molar-refractivity contribution in [2.45, 2.75) is 37.0 Å². The summed E-state index contributed by atoms with van der Waals surface area (Å²) in [6.45, 7) is 0.120. The first-order chi connectivity index (χ1) is 13.5. The van der Waals surface area contributed by atoms with Crippen LogP contribution >= 0.6 is 0 Å². The Morgan fingerprint density at radius 2 is 1.76 bits per heavy atom. The van der Waals surface area contributed by atoms with Gasteiger partial charge in [0.05, 0.1) is 5.92 Å². The highest BCUT2D eigenvalue weighted by atomic mass is 32.2. The lowest BCUT2D eigenvalue weighted by molar-refractivity contribution is -0.187. The Balaban J connectivity index is 1.61. The molecule has 1 saturated carbocycles. The smallest absolute Gasteiger partial charge is 0.391 e. The van der Waals surface area contributed by atoms with Gasteiger partial charge in [-0.1, -0.05) is 6.42 Å². The van der Waals surface area contributed by atoms with Gasteiger partial charge < -0.3 is 15.1 Å². The summed E-state index contributed by atoms with van der Waals surface area (Å²) in [5.74, 6) is -3.70. The molecule has 1 aromatic rings. The summed E-state index contributed by atoms with van der Waals surface area (Å²) < 4.78 is 70.2. The van der Waals surface area contributed by atoms with E-state index in [-0.39, 0.29) is 50.7 Å². The first-order valence-corrected chi connectivity index (χ1v) is 10.7. The maximum atomic E-state index is 13.0. The third-order valence-electron chi connectivity index (χ3n) is 5.46. The van der Waals surface area contributed by atoms with Gasteiger partial charge in [0.25, 0.3) is 15.9 Å². The number of primary amides is 1. The maximum absolute atomic E-state index is 13.0. The fourth-order valence-electron chi connectivity index (χ4n) is 3.84. The van der Waals surface area contributed by atoms with Crippen molar-refractivity contribution in [2.24, 2.45) is 17.6 Å². The van der Waals surface area contributed by atoms with Crippen LogP contribution in [0.4, 0.5) is 13.2 Å². The third-order valence-corrected chi connectivity index (χ3v) is 7.23. The quantitative estimate of drug-likeness (QED) is 0.768. The molecule has 1 aromatic heterocycles. The zero-order chi connectivity index (χ0) is 21.4. The number of nitrogens with two attached hydrogens (primary N) is 1. The van der Waals surface area contributed by atoms with Crippen LogP contribution < -0.4 is 5.73 Å². The Hall–Kier alpha value is -2.08. The van der Waals surface area contributed by atoms with Gasteiger partial charge in [-0.05, 0) is 31.4 Å². The van der Waals surface area contributed by atoms with Crippen LogP contribution in [0.2, 0.25) is 0 Å². The fraction of sp³-hybridized carbons (Fsp3) is 0.647. The van der Waals surface area contributed by atoms with E-state index in [2.05, 4.69) is 0 Å². The molecule has 0 unspecified atom stereocenters. The summed E-state index contributed by atoms with van der Waals surface area (Å²) in [7, 11) is -4.00. The number of carbonyl (C=O) groups excluding carboxylic acids is 2. The molecule has 29 heavy (non-hydrogen) atoms. The predicted molar refractivity (Wildman–Crippen MR) is 94.1 cm³/mol. The number of alkyl halides is 3. The van der Waals surface area contributed by atoms with Crippen LogP contribution in [0.25, 0.3) is 0 Å². The van der Waals surface area contributed by atoms with E-state index in [1.807, 2.05) is 0 Å². The van der Waals surface area contributed by atoms with Gasteiger partial charge in [0, 0.05) is 32.1 Å². The standard InChI is InChI=1S/C17H22F3N3O5S/c18-17(19,20)12-3-1-2-11(10-12)16(25)22-6-8-23(9-7-22)29(26,27)14-5-4-13(28-14)15(21)24/h4-5,11-12H,1-3,6-10H2,(H2,21,24)/t11-,12-/m1/s1. The Bertz CT molecular complexity index is 875. The molecule has 3 rings (SSSR count). The lowest BCUT2D eigenvalue weighted by atomic mass is 9.80. The van der Waals surface area contributed by atoms with Crippen LogP contribution in [-0.4, -0.2) is 61.8 Å². The number of sulfonamides is 1. The van der Waals surface area contributed by atoms with Gasteiger partial charge in [-0.3, -0.25) is 9.59 Å². The van der Waals surface area contributed by atoms with Crippen molar-refractivity contribution in [3.8, 4) is 0 Å². The highest BCUT2D eigenvalue weighted by Gasteiger charge is 2.44. The average molecular weight is 437 g/mol. The minimum absolute atomic E-state index is 0.0178. The van der Waals surface area contributed by atoms with E-state index < -0.39 is 39.0 Å². The number of piperazine rings is 1. The van der Waals surface area contributed by atoms with Gasteiger partial charge >= 0.3 is 6.18 Å². The van der Waals surface area contributed by atoms with Crippen LogP contribution in [0, 0.1) is 11.8 Å². The zero-order valence-corrected chi connectivity index (χ0v) is 16.3. The number of rotatable bonds is 4. The molecule has 2 N–H and O–H groups in total. The fourth-order valence-corrected chi connectivity index (χ4v) is 5.17. The molecule has 0 radical (unpaired) electrons. The topological polar surface area (TPSA) is 114 Å². The SMILES string of the molecule is NC(=O)c1ccc(S(=O)(=O)N2CCN(C(=O)[C@@H]3CCC[C@@H](C(F)(F)F)C3)CC2)o1. The zero-order valence-electron chi connectivity index (χ0n) is 15.5. The van der Waals surface area contributed by atoms with Gasteiger partial charge in [0.15, 0.2) is 5.76 Å². The van der Waals surface area contributed by atoms with Gasteiger partial charge in [-0.25, -0.2) is 8.42 Å². The predicted octanol–water partition coefficient (Wildman–Crippen LogP) is 1.58. The molecule has 162 valence electrons. The minimum Gasteiger partial charge on any atom is -0.438 e.